The number of benzene rings is 1. The van der Waals surface area contributed by atoms with Crippen LogP contribution in [-0.2, 0) is 6.42 Å². The quantitative estimate of drug-likeness (QED) is 0.895. The Morgan fingerprint density at radius 3 is 2.89 bits per heavy atom. The summed E-state index contributed by atoms with van der Waals surface area (Å²) in [6, 6.07) is 10.2. The first-order chi connectivity index (χ1) is 8.79. The maximum atomic E-state index is 13.5. The van der Waals surface area contributed by atoms with E-state index in [1.54, 1.807) is 24.5 Å². The summed E-state index contributed by atoms with van der Waals surface area (Å²) in [5.41, 5.74) is 1.84. The minimum absolute atomic E-state index is 0.324. The monoisotopic (exact) mass is 241 g/mol. The molecule has 0 amide bonds. The lowest BCUT2D eigenvalue weighted by atomic mass is 10.2. The van der Waals surface area contributed by atoms with Crippen molar-refractivity contribution in [1.82, 2.24) is 4.98 Å². The van der Waals surface area contributed by atoms with E-state index in [4.69, 9.17) is 5.26 Å². The lowest BCUT2D eigenvalue weighted by Crippen LogP contribution is -2.06. The summed E-state index contributed by atoms with van der Waals surface area (Å²) < 4.78 is 13.5. The molecule has 1 aromatic heterocycles. The van der Waals surface area contributed by atoms with Crippen LogP contribution in [0.4, 0.5) is 10.1 Å². The third-order valence-corrected chi connectivity index (χ3v) is 2.55. The molecule has 0 bridgehead atoms. The highest BCUT2D eigenvalue weighted by Crippen LogP contribution is 2.15. The zero-order valence-electron chi connectivity index (χ0n) is 9.73. The van der Waals surface area contributed by atoms with Crippen molar-refractivity contribution in [2.75, 3.05) is 11.9 Å². The first-order valence-electron chi connectivity index (χ1n) is 5.62. The fraction of sp³-hybridized carbons (Fsp3) is 0.143. The van der Waals surface area contributed by atoms with Gasteiger partial charge < -0.3 is 5.32 Å². The largest absolute Gasteiger partial charge is 0.382 e. The number of aromatic nitrogens is 1. The Labute approximate surface area is 105 Å². The van der Waals surface area contributed by atoms with Crippen molar-refractivity contribution < 1.29 is 4.39 Å². The van der Waals surface area contributed by atoms with Crippen LogP contribution in [0.3, 0.4) is 0 Å². The van der Waals surface area contributed by atoms with E-state index in [-0.39, 0.29) is 0 Å². The maximum Gasteiger partial charge on any atom is 0.147 e. The Morgan fingerprint density at radius 1 is 1.33 bits per heavy atom. The van der Waals surface area contributed by atoms with E-state index < -0.39 is 5.82 Å². The molecule has 0 radical (unpaired) electrons. The molecule has 0 aliphatic rings. The van der Waals surface area contributed by atoms with Gasteiger partial charge in [-0.15, -0.1) is 0 Å². The second-order valence-electron chi connectivity index (χ2n) is 3.84. The van der Waals surface area contributed by atoms with Gasteiger partial charge in [0.15, 0.2) is 0 Å². The number of rotatable bonds is 4. The third-order valence-electron chi connectivity index (χ3n) is 2.55. The first kappa shape index (κ1) is 12.1. The SMILES string of the molecule is N#Cc1ccc(NCCc2cccnc2)c(F)c1. The Morgan fingerprint density at radius 2 is 2.22 bits per heavy atom. The van der Waals surface area contributed by atoms with Crippen LogP contribution in [0.5, 0.6) is 0 Å². The minimum Gasteiger partial charge on any atom is -0.382 e. The topological polar surface area (TPSA) is 48.7 Å². The highest BCUT2D eigenvalue weighted by Gasteiger charge is 2.02. The van der Waals surface area contributed by atoms with Gasteiger partial charge in [0.2, 0.25) is 0 Å². The normalized spacial score (nSPS) is 9.78. The molecular weight excluding hydrogens is 229 g/mol. The van der Waals surface area contributed by atoms with Crippen LogP contribution in [0.15, 0.2) is 42.7 Å². The Hall–Kier alpha value is -2.41. The van der Waals surface area contributed by atoms with Crippen LogP contribution >= 0.6 is 0 Å². The van der Waals surface area contributed by atoms with E-state index in [9.17, 15) is 4.39 Å². The molecule has 2 rings (SSSR count). The van der Waals surface area contributed by atoms with Crippen LogP contribution < -0.4 is 5.32 Å². The summed E-state index contributed by atoms with van der Waals surface area (Å²) in [6.45, 7) is 0.620. The molecule has 1 N–H and O–H groups in total. The van der Waals surface area contributed by atoms with Crippen molar-refractivity contribution in [2.45, 2.75) is 6.42 Å². The Balaban J connectivity index is 1.93. The van der Waals surface area contributed by atoms with E-state index in [0.717, 1.165) is 12.0 Å². The smallest absolute Gasteiger partial charge is 0.147 e. The fourth-order valence-electron chi connectivity index (χ4n) is 1.62. The van der Waals surface area contributed by atoms with Crippen molar-refractivity contribution in [3.63, 3.8) is 0 Å². The van der Waals surface area contributed by atoms with Gasteiger partial charge in [-0.05, 0) is 36.2 Å². The van der Waals surface area contributed by atoms with Crippen molar-refractivity contribution in [3.8, 4) is 6.07 Å². The molecule has 1 heterocycles. The van der Waals surface area contributed by atoms with E-state index in [1.165, 1.54) is 6.07 Å². The average Bonchev–Trinajstić information content (AvgIpc) is 2.42. The van der Waals surface area contributed by atoms with Gasteiger partial charge in [-0.1, -0.05) is 6.07 Å². The Bertz CT molecular complexity index is 561. The highest BCUT2D eigenvalue weighted by atomic mass is 19.1. The predicted molar refractivity (Wildman–Crippen MR) is 67.5 cm³/mol. The standard InChI is InChI=1S/C14H12FN3/c15-13-8-12(9-16)3-4-14(13)18-7-5-11-2-1-6-17-10-11/h1-4,6,8,10,18H,5,7H2. The number of nitrogens with one attached hydrogen (secondary N) is 1. The van der Waals surface area contributed by atoms with Crippen LogP contribution in [0.25, 0.3) is 0 Å². The van der Waals surface area contributed by atoms with Crippen molar-refractivity contribution in [2.24, 2.45) is 0 Å². The molecule has 18 heavy (non-hydrogen) atoms. The van der Waals surface area contributed by atoms with Crippen molar-refractivity contribution in [1.29, 1.82) is 5.26 Å². The predicted octanol–water partition coefficient (Wildman–Crippen LogP) is 2.75. The molecule has 0 fully saturated rings. The van der Waals surface area contributed by atoms with Crippen LogP contribution in [0.1, 0.15) is 11.1 Å². The molecule has 2 aromatic rings. The lowest BCUT2D eigenvalue weighted by molar-refractivity contribution is 0.629. The first-order valence-corrected chi connectivity index (χ1v) is 5.62. The van der Waals surface area contributed by atoms with E-state index >= 15 is 0 Å². The molecule has 4 heteroatoms. The van der Waals surface area contributed by atoms with Gasteiger partial charge in [0, 0.05) is 18.9 Å². The summed E-state index contributed by atoms with van der Waals surface area (Å²) in [6.07, 6.45) is 4.28. The van der Waals surface area contributed by atoms with E-state index in [1.807, 2.05) is 18.2 Å². The van der Waals surface area contributed by atoms with Gasteiger partial charge in [-0.25, -0.2) is 4.39 Å². The Kier molecular flexibility index (Phi) is 3.87. The lowest BCUT2D eigenvalue weighted by Gasteiger charge is -2.07. The molecule has 0 spiro atoms. The van der Waals surface area contributed by atoms with Gasteiger partial charge in [-0.3, -0.25) is 4.98 Å². The van der Waals surface area contributed by atoms with Gasteiger partial charge >= 0.3 is 0 Å². The molecule has 90 valence electrons. The third kappa shape index (κ3) is 3.05. The van der Waals surface area contributed by atoms with Crippen LogP contribution in [0, 0.1) is 17.1 Å². The second-order valence-corrected chi connectivity index (χ2v) is 3.84. The molecule has 3 nitrogen and oxygen atoms in total. The molecule has 0 aliphatic carbocycles. The highest BCUT2D eigenvalue weighted by molar-refractivity contribution is 5.48. The number of nitriles is 1. The number of halogens is 1. The number of pyridine rings is 1. The summed E-state index contributed by atoms with van der Waals surface area (Å²) in [5.74, 6) is -0.403. The van der Waals surface area contributed by atoms with Crippen LogP contribution in [-0.4, -0.2) is 11.5 Å². The van der Waals surface area contributed by atoms with Gasteiger partial charge in [0.1, 0.15) is 5.82 Å². The molecule has 0 atom stereocenters. The fourth-order valence-corrected chi connectivity index (χ4v) is 1.62. The summed E-state index contributed by atoms with van der Waals surface area (Å²) in [4.78, 5) is 4.01. The zero-order valence-corrected chi connectivity index (χ0v) is 9.73. The average molecular weight is 241 g/mol. The molecule has 0 unspecified atom stereocenters. The summed E-state index contributed by atoms with van der Waals surface area (Å²) >= 11 is 0. The molecule has 0 aliphatic heterocycles. The van der Waals surface area contributed by atoms with E-state index in [0.29, 0.717) is 17.8 Å². The van der Waals surface area contributed by atoms with E-state index in [2.05, 4.69) is 10.3 Å². The number of hydrogen-bond acceptors (Lipinski definition) is 3. The molecule has 1 aromatic carbocycles. The number of nitrogens with zero attached hydrogens (tertiary/aromatic N) is 2. The van der Waals surface area contributed by atoms with Gasteiger partial charge in [0.05, 0.1) is 17.3 Å². The zero-order chi connectivity index (χ0) is 12.8. The molecule has 0 saturated heterocycles. The van der Waals surface area contributed by atoms with Crippen molar-refractivity contribution >= 4 is 5.69 Å². The molecular formula is C14H12FN3. The number of anilines is 1. The number of hydrogen-bond donors (Lipinski definition) is 1. The second kappa shape index (κ2) is 5.78. The van der Waals surface area contributed by atoms with Crippen molar-refractivity contribution in [3.05, 3.63) is 59.7 Å². The maximum absolute atomic E-state index is 13.5. The molecule has 0 saturated carbocycles. The summed E-state index contributed by atoms with van der Waals surface area (Å²) in [7, 11) is 0. The van der Waals surface area contributed by atoms with Crippen LogP contribution in [0.2, 0.25) is 0 Å². The minimum atomic E-state index is -0.403. The summed E-state index contributed by atoms with van der Waals surface area (Å²) in [5, 5.41) is 11.6. The van der Waals surface area contributed by atoms with Gasteiger partial charge in [-0.2, -0.15) is 5.26 Å². The van der Waals surface area contributed by atoms with Gasteiger partial charge in [0.25, 0.3) is 0 Å².